The highest BCUT2D eigenvalue weighted by Crippen LogP contribution is 2.29. The van der Waals surface area contributed by atoms with Gasteiger partial charge in [-0.2, -0.15) is 0 Å². The van der Waals surface area contributed by atoms with E-state index in [1.165, 1.54) is 30.5 Å². The fourth-order valence-corrected chi connectivity index (χ4v) is 3.07. The first-order valence-electron chi connectivity index (χ1n) is 8.34. The number of benzene rings is 1. The van der Waals surface area contributed by atoms with Crippen LogP contribution in [-0.4, -0.2) is 29.1 Å². The summed E-state index contributed by atoms with van der Waals surface area (Å²) in [6, 6.07) is 9.20. The molecule has 2 heteroatoms. The van der Waals surface area contributed by atoms with Gasteiger partial charge in [0.15, 0.2) is 0 Å². The molecule has 1 saturated heterocycles. The van der Waals surface area contributed by atoms with Gasteiger partial charge in [-0.25, -0.2) is 0 Å². The van der Waals surface area contributed by atoms with Gasteiger partial charge < -0.3 is 5.32 Å². The Hall–Kier alpha value is -0.860. The molecule has 0 spiro atoms. The molecule has 2 nitrogen and oxygen atoms in total. The lowest BCUT2D eigenvalue weighted by molar-refractivity contribution is 0.166. The lowest BCUT2D eigenvalue weighted by Crippen LogP contribution is -2.37. The van der Waals surface area contributed by atoms with E-state index in [0.717, 1.165) is 19.5 Å². The molecule has 1 aromatic rings. The van der Waals surface area contributed by atoms with Crippen LogP contribution in [0.5, 0.6) is 0 Å². The van der Waals surface area contributed by atoms with Gasteiger partial charge in [0.2, 0.25) is 0 Å². The average Bonchev–Trinajstić information content (AvgIpc) is 2.69. The van der Waals surface area contributed by atoms with Gasteiger partial charge in [-0.05, 0) is 78.1 Å². The molecule has 1 N–H and O–H groups in total. The number of hydrogen-bond acceptors (Lipinski definition) is 2. The SMILES string of the molecule is CC(C)(C)NCCc1ccc(CN2CCCC2(C)C)cc1. The Bertz CT molecular complexity index is 440. The van der Waals surface area contributed by atoms with Crippen LogP contribution >= 0.6 is 0 Å². The number of nitrogens with one attached hydrogen (secondary N) is 1. The molecule has 0 unspecified atom stereocenters. The van der Waals surface area contributed by atoms with Gasteiger partial charge in [-0.3, -0.25) is 4.90 Å². The zero-order valence-electron chi connectivity index (χ0n) is 14.5. The molecule has 0 radical (unpaired) electrons. The van der Waals surface area contributed by atoms with Gasteiger partial charge in [-0.1, -0.05) is 24.3 Å². The first-order valence-corrected chi connectivity index (χ1v) is 8.34. The molecule has 118 valence electrons. The summed E-state index contributed by atoms with van der Waals surface area (Å²) in [6.07, 6.45) is 3.76. The maximum Gasteiger partial charge on any atom is 0.0239 e. The molecular weight excluding hydrogens is 256 g/mol. The van der Waals surface area contributed by atoms with E-state index < -0.39 is 0 Å². The summed E-state index contributed by atoms with van der Waals surface area (Å²) < 4.78 is 0. The van der Waals surface area contributed by atoms with Crippen LogP contribution in [0.15, 0.2) is 24.3 Å². The van der Waals surface area contributed by atoms with Crippen molar-refractivity contribution in [3.8, 4) is 0 Å². The predicted octanol–water partition coefficient (Wildman–Crippen LogP) is 3.99. The second kappa shape index (κ2) is 6.50. The van der Waals surface area contributed by atoms with Crippen LogP contribution in [0.4, 0.5) is 0 Å². The minimum absolute atomic E-state index is 0.210. The van der Waals surface area contributed by atoms with Crippen LogP contribution in [0.2, 0.25) is 0 Å². The molecular formula is C19H32N2. The van der Waals surface area contributed by atoms with Crippen LogP contribution in [0, 0.1) is 0 Å². The molecule has 2 rings (SSSR count). The molecule has 1 fully saturated rings. The van der Waals surface area contributed by atoms with Gasteiger partial charge in [-0.15, -0.1) is 0 Å². The molecule has 0 aliphatic carbocycles. The molecule has 1 aliphatic rings. The quantitative estimate of drug-likeness (QED) is 0.881. The van der Waals surface area contributed by atoms with Crippen molar-refractivity contribution in [2.75, 3.05) is 13.1 Å². The van der Waals surface area contributed by atoms with Crippen LogP contribution in [0.25, 0.3) is 0 Å². The first kappa shape index (κ1) is 16.5. The zero-order chi connectivity index (χ0) is 15.5. The summed E-state index contributed by atoms with van der Waals surface area (Å²) in [7, 11) is 0. The highest BCUT2D eigenvalue weighted by Gasteiger charge is 2.31. The third-order valence-electron chi connectivity index (χ3n) is 4.54. The van der Waals surface area contributed by atoms with Crippen LogP contribution < -0.4 is 5.32 Å². The van der Waals surface area contributed by atoms with E-state index in [4.69, 9.17) is 0 Å². The number of rotatable bonds is 5. The third kappa shape index (κ3) is 5.12. The molecule has 21 heavy (non-hydrogen) atoms. The smallest absolute Gasteiger partial charge is 0.0239 e. The maximum atomic E-state index is 3.55. The van der Waals surface area contributed by atoms with E-state index in [2.05, 4.69) is 69.1 Å². The lowest BCUT2D eigenvalue weighted by atomic mass is 10.0. The van der Waals surface area contributed by atoms with Gasteiger partial charge in [0, 0.05) is 17.6 Å². The minimum atomic E-state index is 0.210. The van der Waals surface area contributed by atoms with Gasteiger partial charge in [0.1, 0.15) is 0 Å². The molecule has 0 amide bonds. The molecule has 0 atom stereocenters. The van der Waals surface area contributed by atoms with Crippen molar-refractivity contribution < 1.29 is 0 Å². The molecule has 1 aromatic carbocycles. The predicted molar refractivity (Wildman–Crippen MR) is 91.6 cm³/mol. The normalized spacial score (nSPS) is 19.1. The number of hydrogen-bond donors (Lipinski definition) is 1. The first-order chi connectivity index (χ1) is 9.76. The fraction of sp³-hybridized carbons (Fsp3) is 0.684. The maximum absolute atomic E-state index is 3.55. The van der Waals surface area contributed by atoms with Crippen LogP contribution in [0.3, 0.4) is 0 Å². The highest BCUT2D eigenvalue weighted by atomic mass is 15.2. The summed E-state index contributed by atoms with van der Waals surface area (Å²) in [5, 5.41) is 3.55. The monoisotopic (exact) mass is 288 g/mol. The Balaban J connectivity index is 1.85. The van der Waals surface area contributed by atoms with Gasteiger partial charge in [0.25, 0.3) is 0 Å². The van der Waals surface area contributed by atoms with E-state index in [-0.39, 0.29) is 5.54 Å². The Kier molecular flexibility index (Phi) is 5.11. The molecule has 0 saturated carbocycles. The molecule has 1 aliphatic heterocycles. The highest BCUT2D eigenvalue weighted by molar-refractivity contribution is 5.23. The van der Waals surface area contributed by atoms with Crippen molar-refractivity contribution in [1.29, 1.82) is 0 Å². The largest absolute Gasteiger partial charge is 0.312 e. The van der Waals surface area contributed by atoms with Crippen LogP contribution in [0.1, 0.15) is 58.6 Å². The lowest BCUT2D eigenvalue weighted by Gasteiger charge is -2.31. The Morgan fingerprint density at radius 1 is 1.10 bits per heavy atom. The van der Waals surface area contributed by atoms with E-state index in [0.29, 0.717) is 5.54 Å². The summed E-state index contributed by atoms with van der Waals surface area (Å²) in [5.41, 5.74) is 3.45. The second-order valence-corrected chi connectivity index (χ2v) is 8.08. The minimum Gasteiger partial charge on any atom is -0.312 e. The Morgan fingerprint density at radius 3 is 2.24 bits per heavy atom. The summed E-state index contributed by atoms with van der Waals surface area (Å²) in [4.78, 5) is 2.61. The van der Waals surface area contributed by atoms with E-state index in [9.17, 15) is 0 Å². The molecule has 1 heterocycles. The second-order valence-electron chi connectivity index (χ2n) is 8.08. The van der Waals surface area contributed by atoms with Crippen LogP contribution in [-0.2, 0) is 13.0 Å². The van der Waals surface area contributed by atoms with Gasteiger partial charge in [0.05, 0.1) is 0 Å². The third-order valence-corrected chi connectivity index (χ3v) is 4.54. The van der Waals surface area contributed by atoms with Gasteiger partial charge >= 0.3 is 0 Å². The topological polar surface area (TPSA) is 15.3 Å². The van der Waals surface area contributed by atoms with E-state index >= 15 is 0 Å². The summed E-state index contributed by atoms with van der Waals surface area (Å²) in [5.74, 6) is 0. The van der Waals surface area contributed by atoms with E-state index in [1.54, 1.807) is 0 Å². The Labute approximate surface area is 130 Å². The molecule has 0 aromatic heterocycles. The standard InChI is InChI=1S/C19H32N2/c1-18(2,3)20-13-11-16-7-9-17(10-8-16)15-21-14-6-12-19(21,4)5/h7-10,20H,6,11-15H2,1-5H3. The number of nitrogens with zero attached hydrogens (tertiary/aromatic N) is 1. The van der Waals surface area contributed by atoms with Crippen molar-refractivity contribution in [1.82, 2.24) is 10.2 Å². The average molecular weight is 288 g/mol. The zero-order valence-corrected chi connectivity index (χ0v) is 14.5. The molecule has 0 bridgehead atoms. The van der Waals surface area contributed by atoms with Crippen molar-refractivity contribution in [2.45, 2.75) is 71.5 Å². The summed E-state index contributed by atoms with van der Waals surface area (Å²) >= 11 is 0. The fourth-order valence-electron chi connectivity index (χ4n) is 3.07. The summed E-state index contributed by atoms with van der Waals surface area (Å²) in [6.45, 7) is 14.8. The Morgan fingerprint density at radius 2 is 1.71 bits per heavy atom. The van der Waals surface area contributed by atoms with Crippen molar-refractivity contribution in [3.63, 3.8) is 0 Å². The number of likely N-dealkylation sites (tertiary alicyclic amines) is 1. The van der Waals surface area contributed by atoms with E-state index in [1.807, 2.05) is 0 Å². The van der Waals surface area contributed by atoms with Crippen molar-refractivity contribution >= 4 is 0 Å². The van der Waals surface area contributed by atoms with Crippen molar-refractivity contribution in [2.24, 2.45) is 0 Å². The van der Waals surface area contributed by atoms with Crippen molar-refractivity contribution in [3.05, 3.63) is 35.4 Å².